The summed E-state index contributed by atoms with van der Waals surface area (Å²) < 4.78 is 10.6. The van der Waals surface area contributed by atoms with Gasteiger partial charge in [-0.25, -0.2) is 4.98 Å². The van der Waals surface area contributed by atoms with E-state index >= 15 is 0 Å². The van der Waals surface area contributed by atoms with Crippen molar-refractivity contribution >= 4 is 10.9 Å². The van der Waals surface area contributed by atoms with Crippen LogP contribution in [0.4, 0.5) is 0 Å². The summed E-state index contributed by atoms with van der Waals surface area (Å²) in [6, 6.07) is 12.1. The van der Waals surface area contributed by atoms with E-state index in [4.69, 9.17) is 9.47 Å². The van der Waals surface area contributed by atoms with Crippen molar-refractivity contribution in [2.75, 3.05) is 21.3 Å². The average molecular weight is 397 g/mol. The highest BCUT2D eigenvalue weighted by Gasteiger charge is 2.15. The zero-order valence-corrected chi connectivity index (χ0v) is 18.1. The van der Waals surface area contributed by atoms with E-state index in [1.54, 1.807) is 26.4 Å². The van der Waals surface area contributed by atoms with Gasteiger partial charge in [0.2, 0.25) is 0 Å². The van der Waals surface area contributed by atoms with Gasteiger partial charge in [0, 0.05) is 11.6 Å². The number of H-pyrrole nitrogens is 1. The molecule has 0 radical (unpaired) electrons. The van der Waals surface area contributed by atoms with Gasteiger partial charge >= 0.3 is 0 Å². The Hall–Kier alpha value is -2.86. The minimum atomic E-state index is -0.173. The molecule has 154 valence electrons. The Labute approximate surface area is 171 Å². The number of nitrogens with one attached hydrogen (secondary N) is 2. The number of quaternary nitrogens is 1. The van der Waals surface area contributed by atoms with Gasteiger partial charge in [-0.1, -0.05) is 45.0 Å². The highest BCUT2D eigenvalue weighted by atomic mass is 16.5. The van der Waals surface area contributed by atoms with E-state index in [0.717, 1.165) is 6.54 Å². The third-order valence-electron chi connectivity index (χ3n) is 5.05. The molecule has 0 saturated carbocycles. The van der Waals surface area contributed by atoms with Crippen molar-refractivity contribution in [1.82, 2.24) is 9.97 Å². The summed E-state index contributed by atoms with van der Waals surface area (Å²) in [5, 5.41) is 0.488. The van der Waals surface area contributed by atoms with Gasteiger partial charge in [-0.05, 0) is 17.0 Å². The van der Waals surface area contributed by atoms with Crippen LogP contribution < -0.4 is 19.9 Å². The van der Waals surface area contributed by atoms with Gasteiger partial charge in [-0.3, -0.25) is 4.79 Å². The minimum Gasteiger partial charge on any atom is -0.493 e. The first-order valence-electron chi connectivity index (χ1n) is 9.77. The molecule has 0 spiro atoms. The number of benzene rings is 2. The summed E-state index contributed by atoms with van der Waals surface area (Å²) in [5.41, 5.74) is 3.15. The van der Waals surface area contributed by atoms with Crippen LogP contribution in [-0.2, 0) is 18.5 Å². The molecule has 0 aliphatic rings. The van der Waals surface area contributed by atoms with Crippen molar-refractivity contribution in [3.63, 3.8) is 0 Å². The van der Waals surface area contributed by atoms with Gasteiger partial charge in [0.1, 0.15) is 13.1 Å². The second kappa shape index (κ2) is 8.25. The lowest BCUT2D eigenvalue weighted by atomic mass is 9.87. The van der Waals surface area contributed by atoms with Crippen molar-refractivity contribution in [3.8, 4) is 11.5 Å². The molecule has 3 aromatic rings. The average Bonchev–Trinajstić information content (AvgIpc) is 2.66. The van der Waals surface area contributed by atoms with Crippen LogP contribution in [0.1, 0.15) is 37.7 Å². The van der Waals surface area contributed by atoms with E-state index in [0.29, 0.717) is 34.8 Å². The molecule has 0 amide bonds. The Balaban J connectivity index is 1.79. The molecule has 29 heavy (non-hydrogen) atoms. The SMILES string of the molecule is COc1cc2nc(C[NH+](C)Cc3ccc(C(C)(C)C)cc3)[nH]c(=O)c2cc1OC. The smallest absolute Gasteiger partial charge is 0.259 e. The molecule has 0 aliphatic carbocycles. The van der Waals surface area contributed by atoms with Crippen LogP contribution in [0.2, 0.25) is 0 Å². The van der Waals surface area contributed by atoms with Crippen LogP contribution in [-0.4, -0.2) is 31.2 Å². The maximum absolute atomic E-state index is 12.5. The number of methoxy groups -OCH3 is 2. The van der Waals surface area contributed by atoms with Gasteiger partial charge in [-0.2, -0.15) is 0 Å². The lowest BCUT2D eigenvalue weighted by Gasteiger charge is -2.19. The second-order valence-electron chi connectivity index (χ2n) is 8.49. The molecular weight excluding hydrogens is 366 g/mol. The standard InChI is InChI=1S/C23H29N3O3/c1-23(2,3)16-9-7-15(8-10-16)13-26(4)14-21-24-18-12-20(29-6)19(28-5)11-17(18)22(27)25-21/h7-12H,13-14H2,1-6H3,(H,24,25,27)/p+1. The number of nitrogens with zero attached hydrogens (tertiary/aromatic N) is 1. The Morgan fingerprint density at radius 1 is 1.00 bits per heavy atom. The van der Waals surface area contributed by atoms with Crippen LogP contribution in [0.3, 0.4) is 0 Å². The molecule has 1 unspecified atom stereocenters. The van der Waals surface area contributed by atoms with Crippen LogP contribution in [0, 0.1) is 0 Å². The Kier molecular flexibility index (Phi) is 5.94. The van der Waals surface area contributed by atoms with E-state index in [9.17, 15) is 4.79 Å². The molecule has 3 rings (SSSR count). The summed E-state index contributed by atoms with van der Waals surface area (Å²) in [4.78, 5) is 21.3. The normalized spacial score (nSPS) is 12.8. The first-order valence-corrected chi connectivity index (χ1v) is 9.77. The van der Waals surface area contributed by atoms with E-state index in [1.165, 1.54) is 16.0 Å². The van der Waals surface area contributed by atoms with Gasteiger partial charge in [0.05, 0.1) is 32.2 Å². The molecule has 2 aromatic carbocycles. The maximum Gasteiger partial charge on any atom is 0.259 e. The number of fused-ring (bicyclic) bond motifs is 1. The first kappa shape index (κ1) is 20.9. The fourth-order valence-electron chi connectivity index (χ4n) is 3.42. The number of aromatic nitrogens is 2. The first-order chi connectivity index (χ1) is 13.7. The Morgan fingerprint density at radius 3 is 2.21 bits per heavy atom. The summed E-state index contributed by atoms with van der Waals surface area (Å²) in [5.74, 6) is 1.73. The molecule has 6 nitrogen and oxygen atoms in total. The van der Waals surface area contributed by atoms with Gasteiger partial charge < -0.3 is 19.4 Å². The van der Waals surface area contributed by atoms with Crippen LogP contribution in [0.5, 0.6) is 11.5 Å². The minimum absolute atomic E-state index is 0.148. The summed E-state index contributed by atoms with van der Waals surface area (Å²) in [6.45, 7) is 8.10. The largest absolute Gasteiger partial charge is 0.493 e. The second-order valence-corrected chi connectivity index (χ2v) is 8.49. The van der Waals surface area contributed by atoms with Crippen molar-refractivity contribution in [2.45, 2.75) is 39.3 Å². The highest BCUT2D eigenvalue weighted by molar-refractivity contribution is 5.81. The van der Waals surface area contributed by atoms with Crippen molar-refractivity contribution in [3.05, 3.63) is 63.7 Å². The topological polar surface area (TPSA) is 68.7 Å². The predicted octanol–water partition coefficient (Wildman–Crippen LogP) is 2.45. The Morgan fingerprint density at radius 2 is 1.62 bits per heavy atom. The van der Waals surface area contributed by atoms with E-state index < -0.39 is 0 Å². The number of rotatable bonds is 6. The molecule has 1 heterocycles. The maximum atomic E-state index is 12.5. The number of hydrogen-bond acceptors (Lipinski definition) is 4. The lowest BCUT2D eigenvalue weighted by Crippen LogP contribution is -3.06. The Bertz CT molecular complexity index is 1050. The van der Waals surface area contributed by atoms with E-state index in [1.807, 2.05) is 0 Å². The van der Waals surface area contributed by atoms with Crippen molar-refractivity contribution in [1.29, 1.82) is 0 Å². The van der Waals surface area contributed by atoms with Gasteiger partial charge in [-0.15, -0.1) is 0 Å². The predicted molar refractivity (Wildman–Crippen MR) is 115 cm³/mol. The molecule has 2 N–H and O–H groups in total. The summed E-state index contributed by atoms with van der Waals surface area (Å²) >= 11 is 0. The fourth-order valence-corrected chi connectivity index (χ4v) is 3.42. The van der Waals surface area contributed by atoms with E-state index in [-0.39, 0.29) is 11.0 Å². The monoisotopic (exact) mass is 396 g/mol. The van der Waals surface area contributed by atoms with Crippen LogP contribution in [0.25, 0.3) is 10.9 Å². The molecular formula is C23H30N3O3+. The van der Waals surface area contributed by atoms with Crippen LogP contribution >= 0.6 is 0 Å². The molecule has 0 bridgehead atoms. The van der Waals surface area contributed by atoms with Gasteiger partial charge in [0.15, 0.2) is 17.3 Å². The molecule has 0 saturated heterocycles. The third-order valence-corrected chi connectivity index (χ3v) is 5.05. The third kappa shape index (κ3) is 4.77. The zero-order valence-electron chi connectivity index (χ0n) is 18.1. The number of ether oxygens (including phenoxy) is 2. The fraction of sp³-hybridized carbons (Fsp3) is 0.391. The van der Waals surface area contributed by atoms with E-state index in [2.05, 4.69) is 62.1 Å². The summed E-state index contributed by atoms with van der Waals surface area (Å²) in [7, 11) is 5.21. The quantitative estimate of drug-likeness (QED) is 0.672. The molecule has 1 aromatic heterocycles. The zero-order chi connectivity index (χ0) is 21.2. The lowest BCUT2D eigenvalue weighted by molar-refractivity contribution is -0.908. The molecule has 1 atom stereocenters. The highest BCUT2D eigenvalue weighted by Crippen LogP contribution is 2.29. The van der Waals surface area contributed by atoms with Crippen molar-refractivity contribution in [2.24, 2.45) is 0 Å². The molecule has 0 fully saturated rings. The molecule has 6 heteroatoms. The molecule has 0 aliphatic heterocycles. The number of aromatic amines is 1. The van der Waals surface area contributed by atoms with Crippen molar-refractivity contribution < 1.29 is 14.4 Å². The van der Waals surface area contributed by atoms with Crippen LogP contribution in [0.15, 0.2) is 41.2 Å². The summed E-state index contributed by atoms with van der Waals surface area (Å²) in [6.07, 6.45) is 0. The number of hydrogen-bond donors (Lipinski definition) is 2. The van der Waals surface area contributed by atoms with Gasteiger partial charge in [0.25, 0.3) is 5.56 Å².